The van der Waals surface area contributed by atoms with Crippen LogP contribution in [0, 0.1) is 0 Å². The predicted octanol–water partition coefficient (Wildman–Crippen LogP) is 2.33. The standard InChI is InChI=1S/C13H10ClN3O3S/c14-10-4-7-9(21-10)3-8-13(20)16(5-11(18)19)15-12(17(7)8)6-1-2-6/h3-4,6H,1-2,5H2,(H,18,19). The molecule has 0 bridgehead atoms. The lowest BCUT2D eigenvalue weighted by Gasteiger charge is -2.08. The molecule has 0 aromatic carbocycles. The number of carbonyl (C=O) groups is 1. The van der Waals surface area contributed by atoms with Gasteiger partial charge in [-0.3, -0.25) is 14.0 Å². The number of aromatic nitrogens is 3. The Morgan fingerprint density at radius 3 is 2.86 bits per heavy atom. The number of aliphatic carboxylic acids is 1. The van der Waals surface area contributed by atoms with Gasteiger partial charge in [-0.1, -0.05) is 11.6 Å². The first-order chi connectivity index (χ1) is 10.0. The highest BCUT2D eigenvalue weighted by Crippen LogP contribution is 2.41. The van der Waals surface area contributed by atoms with Crippen molar-refractivity contribution in [3.05, 3.63) is 32.6 Å². The second-order valence-corrected chi connectivity index (χ2v) is 6.87. The average molecular weight is 324 g/mol. The van der Waals surface area contributed by atoms with E-state index < -0.39 is 12.5 Å². The van der Waals surface area contributed by atoms with E-state index in [1.54, 1.807) is 6.07 Å². The maximum Gasteiger partial charge on any atom is 0.325 e. The fraction of sp³-hybridized carbons (Fsp3) is 0.308. The number of carboxylic acids is 1. The van der Waals surface area contributed by atoms with Crippen molar-refractivity contribution in [1.29, 1.82) is 0 Å². The molecule has 1 aliphatic rings. The van der Waals surface area contributed by atoms with Gasteiger partial charge in [-0.05, 0) is 25.0 Å². The van der Waals surface area contributed by atoms with Crippen molar-refractivity contribution >= 4 is 44.6 Å². The average Bonchev–Trinajstić information content (AvgIpc) is 3.10. The number of hydrogen-bond donors (Lipinski definition) is 1. The molecule has 6 nitrogen and oxygen atoms in total. The Kier molecular flexibility index (Phi) is 2.64. The minimum atomic E-state index is -1.08. The number of hydrogen-bond acceptors (Lipinski definition) is 4. The van der Waals surface area contributed by atoms with Crippen LogP contribution in [0.25, 0.3) is 15.7 Å². The van der Waals surface area contributed by atoms with E-state index in [2.05, 4.69) is 5.10 Å². The lowest BCUT2D eigenvalue weighted by Crippen LogP contribution is -2.29. The first-order valence-electron chi connectivity index (χ1n) is 6.48. The molecule has 0 radical (unpaired) electrons. The zero-order valence-corrected chi connectivity index (χ0v) is 12.3. The predicted molar refractivity (Wildman–Crippen MR) is 79.5 cm³/mol. The minimum Gasteiger partial charge on any atom is -0.480 e. The molecule has 0 amide bonds. The number of halogens is 1. The Balaban J connectivity index is 2.10. The quantitative estimate of drug-likeness (QED) is 0.802. The van der Waals surface area contributed by atoms with Crippen LogP contribution in [0.5, 0.6) is 0 Å². The molecule has 108 valence electrons. The van der Waals surface area contributed by atoms with Crippen molar-refractivity contribution in [1.82, 2.24) is 14.2 Å². The van der Waals surface area contributed by atoms with Crippen LogP contribution in [0.1, 0.15) is 24.6 Å². The van der Waals surface area contributed by atoms with Gasteiger partial charge in [-0.15, -0.1) is 11.3 Å². The van der Waals surface area contributed by atoms with Gasteiger partial charge in [-0.2, -0.15) is 5.10 Å². The zero-order valence-electron chi connectivity index (χ0n) is 10.7. The maximum atomic E-state index is 12.4. The molecule has 1 saturated carbocycles. The van der Waals surface area contributed by atoms with Crippen LogP contribution in [0.15, 0.2) is 16.9 Å². The molecule has 4 rings (SSSR count). The molecule has 0 saturated heterocycles. The summed E-state index contributed by atoms with van der Waals surface area (Å²) in [7, 11) is 0. The molecule has 1 aliphatic carbocycles. The van der Waals surface area contributed by atoms with Gasteiger partial charge < -0.3 is 5.11 Å². The molecule has 8 heteroatoms. The number of nitrogens with zero attached hydrogens (tertiary/aromatic N) is 3. The largest absolute Gasteiger partial charge is 0.480 e. The van der Waals surface area contributed by atoms with Crippen LogP contribution in [-0.4, -0.2) is 25.3 Å². The van der Waals surface area contributed by atoms with E-state index in [0.717, 1.165) is 33.6 Å². The Hall–Kier alpha value is -1.86. The van der Waals surface area contributed by atoms with Gasteiger partial charge in [0.1, 0.15) is 17.9 Å². The summed E-state index contributed by atoms with van der Waals surface area (Å²) in [6.07, 6.45) is 2.01. The van der Waals surface area contributed by atoms with Crippen LogP contribution < -0.4 is 5.56 Å². The maximum absolute atomic E-state index is 12.4. The molecule has 0 spiro atoms. The lowest BCUT2D eigenvalue weighted by atomic mass is 10.4. The highest BCUT2D eigenvalue weighted by molar-refractivity contribution is 7.22. The second kappa shape index (κ2) is 4.32. The van der Waals surface area contributed by atoms with E-state index in [-0.39, 0.29) is 11.5 Å². The van der Waals surface area contributed by atoms with E-state index in [1.807, 2.05) is 10.5 Å². The van der Waals surface area contributed by atoms with Crippen molar-refractivity contribution in [3.8, 4) is 0 Å². The van der Waals surface area contributed by atoms with E-state index in [1.165, 1.54) is 11.3 Å². The number of rotatable bonds is 3. The molecule has 21 heavy (non-hydrogen) atoms. The number of thiophene rings is 1. The Morgan fingerprint density at radius 1 is 1.43 bits per heavy atom. The van der Waals surface area contributed by atoms with Gasteiger partial charge in [-0.25, -0.2) is 4.68 Å². The third-order valence-electron chi connectivity index (χ3n) is 3.59. The van der Waals surface area contributed by atoms with Crippen LogP contribution in [0.4, 0.5) is 0 Å². The van der Waals surface area contributed by atoms with Crippen molar-refractivity contribution in [3.63, 3.8) is 0 Å². The van der Waals surface area contributed by atoms with Gasteiger partial charge in [0.15, 0.2) is 0 Å². The third-order valence-corrected chi connectivity index (χ3v) is 4.79. The van der Waals surface area contributed by atoms with Gasteiger partial charge in [0.2, 0.25) is 0 Å². The second-order valence-electron chi connectivity index (χ2n) is 5.15. The molecule has 1 fully saturated rings. The number of carboxylic acid groups (broad SMARTS) is 1. The summed E-state index contributed by atoms with van der Waals surface area (Å²) in [5.41, 5.74) is 0.946. The van der Waals surface area contributed by atoms with Gasteiger partial charge in [0.05, 0.1) is 14.6 Å². The fourth-order valence-corrected chi connectivity index (χ4v) is 3.71. The van der Waals surface area contributed by atoms with Crippen LogP contribution in [0.2, 0.25) is 4.34 Å². The van der Waals surface area contributed by atoms with Crippen LogP contribution >= 0.6 is 22.9 Å². The molecule has 3 aromatic rings. The SMILES string of the molecule is O=C(O)Cn1nc(C2CC2)n2c(cc3sc(Cl)cc32)c1=O. The first kappa shape index (κ1) is 12.8. The minimum absolute atomic E-state index is 0.280. The fourth-order valence-electron chi connectivity index (χ4n) is 2.55. The molecular formula is C13H10ClN3O3S. The lowest BCUT2D eigenvalue weighted by molar-refractivity contribution is -0.138. The smallest absolute Gasteiger partial charge is 0.325 e. The highest BCUT2D eigenvalue weighted by atomic mass is 35.5. The van der Waals surface area contributed by atoms with Crippen LogP contribution in [0.3, 0.4) is 0 Å². The summed E-state index contributed by atoms with van der Waals surface area (Å²) in [5.74, 6) is -0.0511. The molecule has 3 aromatic heterocycles. The van der Waals surface area contributed by atoms with Crippen LogP contribution in [-0.2, 0) is 11.3 Å². The van der Waals surface area contributed by atoms with Crippen molar-refractivity contribution in [2.75, 3.05) is 0 Å². The molecule has 1 N–H and O–H groups in total. The van der Waals surface area contributed by atoms with Gasteiger partial charge >= 0.3 is 5.97 Å². The summed E-state index contributed by atoms with van der Waals surface area (Å²) in [5, 5.41) is 13.2. The van der Waals surface area contributed by atoms with E-state index in [9.17, 15) is 9.59 Å². The molecule has 0 atom stereocenters. The summed E-state index contributed by atoms with van der Waals surface area (Å²) in [6.45, 7) is -0.422. The number of fused-ring (bicyclic) bond motifs is 3. The van der Waals surface area contributed by atoms with Gasteiger partial charge in [0, 0.05) is 5.92 Å². The molecule has 0 aliphatic heterocycles. The summed E-state index contributed by atoms with van der Waals surface area (Å²) in [6, 6.07) is 3.59. The van der Waals surface area contributed by atoms with E-state index in [4.69, 9.17) is 16.7 Å². The van der Waals surface area contributed by atoms with Crippen molar-refractivity contribution in [2.45, 2.75) is 25.3 Å². The summed E-state index contributed by atoms with van der Waals surface area (Å²) < 4.78 is 4.44. The van der Waals surface area contributed by atoms with Gasteiger partial charge in [0.25, 0.3) is 5.56 Å². The topological polar surface area (TPSA) is 76.6 Å². The Bertz CT molecular complexity index is 951. The molecular weight excluding hydrogens is 314 g/mol. The normalized spacial score (nSPS) is 15.1. The van der Waals surface area contributed by atoms with E-state index in [0.29, 0.717) is 9.85 Å². The van der Waals surface area contributed by atoms with Crippen molar-refractivity contribution < 1.29 is 9.90 Å². The zero-order chi connectivity index (χ0) is 14.7. The molecule has 0 unspecified atom stereocenters. The summed E-state index contributed by atoms with van der Waals surface area (Å²) in [4.78, 5) is 23.3. The highest BCUT2D eigenvalue weighted by Gasteiger charge is 2.30. The Labute approximate surface area is 127 Å². The third kappa shape index (κ3) is 1.96. The van der Waals surface area contributed by atoms with Crippen molar-refractivity contribution in [2.24, 2.45) is 0 Å². The molecule has 3 heterocycles. The summed E-state index contributed by atoms with van der Waals surface area (Å²) >= 11 is 7.44. The monoisotopic (exact) mass is 323 g/mol. The first-order valence-corrected chi connectivity index (χ1v) is 7.67. The van der Waals surface area contributed by atoms with E-state index >= 15 is 0 Å². The Morgan fingerprint density at radius 2 is 2.19 bits per heavy atom.